The van der Waals surface area contributed by atoms with Crippen molar-refractivity contribution in [1.29, 1.82) is 0 Å². The van der Waals surface area contributed by atoms with Crippen molar-refractivity contribution in [3.8, 4) is 0 Å². The summed E-state index contributed by atoms with van der Waals surface area (Å²) in [5.41, 5.74) is 0.164. The number of Topliss-reactive ketones (excluding diaryl/α,β-unsaturated/α-hetero) is 1. The lowest BCUT2D eigenvalue weighted by Gasteiger charge is -2.60. The fourth-order valence-corrected chi connectivity index (χ4v) is 8.61. The summed E-state index contributed by atoms with van der Waals surface area (Å²) >= 11 is 0. The van der Waals surface area contributed by atoms with Gasteiger partial charge in [0, 0.05) is 12.3 Å². The van der Waals surface area contributed by atoms with Crippen LogP contribution in [0.4, 0.5) is 0 Å². The molecule has 4 aliphatic carbocycles. The summed E-state index contributed by atoms with van der Waals surface area (Å²) in [5.74, 6) is 2.36. The first-order chi connectivity index (χ1) is 13.1. The van der Waals surface area contributed by atoms with E-state index in [1.165, 1.54) is 25.7 Å². The maximum Gasteiger partial charge on any atom is 0.163 e. The summed E-state index contributed by atoms with van der Waals surface area (Å²) in [6.45, 7) is 9.44. The van der Waals surface area contributed by atoms with E-state index in [9.17, 15) is 9.90 Å². The van der Waals surface area contributed by atoms with Gasteiger partial charge in [-0.1, -0.05) is 13.8 Å². The second-order valence-corrected chi connectivity index (χ2v) is 11.7. The molecular weight excluding hydrogens is 352 g/mol. The lowest BCUT2D eigenvalue weighted by Crippen LogP contribution is -2.58. The molecule has 0 radical (unpaired) electrons. The molecule has 0 aromatic carbocycles. The third-order valence-electron chi connectivity index (χ3n) is 9.87. The second kappa shape index (κ2) is 6.28. The molecule has 9 atom stereocenters. The number of carbonyl (C=O) groups excluding carboxylic acids is 1. The van der Waals surface area contributed by atoms with Gasteiger partial charge in [0.25, 0.3) is 0 Å². The van der Waals surface area contributed by atoms with Crippen LogP contribution in [0.2, 0.25) is 0 Å². The summed E-state index contributed by atoms with van der Waals surface area (Å²) in [6.07, 6.45) is 8.25. The van der Waals surface area contributed by atoms with E-state index >= 15 is 0 Å². The van der Waals surface area contributed by atoms with Gasteiger partial charge in [0.2, 0.25) is 0 Å². The smallest absolute Gasteiger partial charge is 0.163 e. The van der Waals surface area contributed by atoms with Gasteiger partial charge in [-0.15, -0.1) is 0 Å². The molecule has 5 aliphatic rings. The molecule has 4 saturated carbocycles. The molecule has 158 valence electrons. The molecule has 1 N–H and O–H groups in total. The highest BCUT2D eigenvalue weighted by Crippen LogP contribution is 2.67. The lowest BCUT2D eigenvalue weighted by molar-refractivity contribution is -0.170. The van der Waals surface area contributed by atoms with Crippen molar-refractivity contribution < 1.29 is 19.4 Å². The Labute approximate surface area is 169 Å². The van der Waals surface area contributed by atoms with Gasteiger partial charge in [-0.3, -0.25) is 4.79 Å². The molecule has 0 aromatic rings. The normalized spacial score (nSPS) is 55.5. The minimum atomic E-state index is -0.491. The first-order valence-electron chi connectivity index (χ1n) is 11.7. The number of hydrogen-bond acceptors (Lipinski definition) is 4. The number of hydrogen-bond donors (Lipinski definition) is 1. The number of aliphatic hydroxyl groups is 1. The maximum atomic E-state index is 13.7. The molecule has 0 aromatic heterocycles. The Morgan fingerprint density at radius 1 is 0.964 bits per heavy atom. The summed E-state index contributed by atoms with van der Waals surface area (Å²) < 4.78 is 12.2. The van der Waals surface area contributed by atoms with Crippen LogP contribution in [0.3, 0.4) is 0 Å². The SMILES string of the molecule is CC1(C)OC[C@H]([C@@H]2CC[C@@H]3[C@@H]4CC[C@@H]5C[C@H](O)CC[C@]5(C)[C@H]4C(=O)C[C@]32C)O1. The van der Waals surface area contributed by atoms with Crippen LogP contribution < -0.4 is 0 Å². The fourth-order valence-electron chi connectivity index (χ4n) is 8.61. The summed E-state index contributed by atoms with van der Waals surface area (Å²) in [7, 11) is 0. The third kappa shape index (κ3) is 2.70. The molecule has 1 saturated heterocycles. The number of fused-ring (bicyclic) bond motifs is 5. The van der Waals surface area contributed by atoms with Gasteiger partial charge in [0.05, 0.1) is 18.8 Å². The lowest BCUT2D eigenvalue weighted by atomic mass is 9.44. The molecule has 5 rings (SSSR count). The minimum absolute atomic E-state index is 0.0596. The van der Waals surface area contributed by atoms with Crippen molar-refractivity contribution in [2.24, 2.45) is 40.4 Å². The average Bonchev–Trinajstić information content (AvgIpc) is 3.13. The zero-order valence-electron chi connectivity index (χ0n) is 18.1. The van der Waals surface area contributed by atoms with Gasteiger partial charge in [0.1, 0.15) is 5.78 Å². The molecule has 0 bridgehead atoms. The van der Waals surface area contributed by atoms with Gasteiger partial charge in [-0.25, -0.2) is 0 Å². The predicted molar refractivity (Wildman–Crippen MR) is 107 cm³/mol. The van der Waals surface area contributed by atoms with Crippen LogP contribution in [0, 0.1) is 40.4 Å². The average molecular weight is 391 g/mol. The highest BCUT2D eigenvalue weighted by Gasteiger charge is 2.64. The molecule has 0 spiro atoms. The van der Waals surface area contributed by atoms with E-state index in [1.54, 1.807) is 0 Å². The zero-order chi connectivity index (χ0) is 19.9. The van der Waals surface area contributed by atoms with Crippen molar-refractivity contribution in [2.45, 2.75) is 97.1 Å². The maximum absolute atomic E-state index is 13.7. The molecule has 0 unspecified atom stereocenters. The van der Waals surface area contributed by atoms with Crippen LogP contribution in [0.1, 0.15) is 79.1 Å². The van der Waals surface area contributed by atoms with Crippen molar-refractivity contribution >= 4 is 5.78 Å². The first kappa shape index (κ1) is 19.5. The van der Waals surface area contributed by atoms with Gasteiger partial charge in [-0.05, 0) is 93.3 Å². The highest BCUT2D eigenvalue weighted by molar-refractivity contribution is 5.84. The van der Waals surface area contributed by atoms with Gasteiger partial charge in [-0.2, -0.15) is 0 Å². The van der Waals surface area contributed by atoms with E-state index in [4.69, 9.17) is 9.47 Å². The number of rotatable bonds is 1. The Kier molecular flexibility index (Phi) is 4.37. The molecule has 5 fully saturated rings. The highest BCUT2D eigenvalue weighted by atomic mass is 16.7. The molecule has 1 heterocycles. The van der Waals surface area contributed by atoms with Crippen molar-refractivity contribution in [2.75, 3.05) is 6.61 Å². The van der Waals surface area contributed by atoms with E-state index < -0.39 is 5.79 Å². The van der Waals surface area contributed by atoms with Crippen LogP contribution >= 0.6 is 0 Å². The molecule has 28 heavy (non-hydrogen) atoms. The molecule has 0 amide bonds. The van der Waals surface area contributed by atoms with Crippen molar-refractivity contribution in [1.82, 2.24) is 0 Å². The van der Waals surface area contributed by atoms with E-state index in [1.807, 2.05) is 13.8 Å². The van der Waals surface area contributed by atoms with E-state index in [-0.39, 0.29) is 29.0 Å². The van der Waals surface area contributed by atoms with Crippen LogP contribution in [-0.2, 0) is 14.3 Å². The van der Waals surface area contributed by atoms with E-state index in [0.29, 0.717) is 42.5 Å². The Balaban J connectivity index is 1.43. The number of carbonyl (C=O) groups is 1. The molecule has 4 heteroatoms. The van der Waals surface area contributed by atoms with E-state index in [0.717, 1.165) is 19.3 Å². The zero-order valence-corrected chi connectivity index (χ0v) is 18.1. The standard InChI is InChI=1S/C24H38O4/c1-22(2)27-13-20(28-22)18-8-7-17-16-6-5-14-11-15(25)9-10-23(14,3)21(16)19(26)12-24(17,18)4/h14-18,20-21,25H,5-13H2,1-4H3/t14-,15-,16+,17-,18+,20-,21-,23+,24-/m1/s1. The molecular formula is C24H38O4. The number of ketones is 1. The van der Waals surface area contributed by atoms with Gasteiger partial charge < -0.3 is 14.6 Å². The van der Waals surface area contributed by atoms with E-state index in [2.05, 4.69) is 13.8 Å². The number of ether oxygens (including phenoxy) is 2. The monoisotopic (exact) mass is 390 g/mol. The topological polar surface area (TPSA) is 55.8 Å². The summed E-state index contributed by atoms with van der Waals surface area (Å²) in [6, 6.07) is 0. The Bertz CT molecular complexity index is 659. The Morgan fingerprint density at radius 3 is 2.43 bits per heavy atom. The molecule has 1 aliphatic heterocycles. The predicted octanol–water partition coefficient (Wildman–Crippen LogP) is 4.34. The molecule has 4 nitrogen and oxygen atoms in total. The minimum Gasteiger partial charge on any atom is -0.393 e. The van der Waals surface area contributed by atoms with Crippen LogP contribution in [0.25, 0.3) is 0 Å². The Hall–Kier alpha value is -0.450. The number of aliphatic hydroxyl groups excluding tert-OH is 1. The first-order valence-corrected chi connectivity index (χ1v) is 11.7. The van der Waals surface area contributed by atoms with Crippen molar-refractivity contribution in [3.05, 3.63) is 0 Å². The second-order valence-electron chi connectivity index (χ2n) is 11.7. The van der Waals surface area contributed by atoms with Crippen LogP contribution in [-0.4, -0.2) is 35.5 Å². The quantitative estimate of drug-likeness (QED) is 0.724. The summed E-state index contributed by atoms with van der Waals surface area (Å²) in [4.78, 5) is 13.7. The van der Waals surface area contributed by atoms with Crippen LogP contribution in [0.15, 0.2) is 0 Å². The van der Waals surface area contributed by atoms with Crippen molar-refractivity contribution in [3.63, 3.8) is 0 Å². The third-order valence-corrected chi connectivity index (χ3v) is 9.87. The Morgan fingerprint density at radius 2 is 1.71 bits per heavy atom. The van der Waals surface area contributed by atoms with Gasteiger partial charge in [0.15, 0.2) is 5.79 Å². The largest absolute Gasteiger partial charge is 0.393 e. The fraction of sp³-hybridized carbons (Fsp3) is 0.958. The summed E-state index contributed by atoms with van der Waals surface area (Å²) in [5, 5.41) is 10.2. The van der Waals surface area contributed by atoms with Crippen LogP contribution in [0.5, 0.6) is 0 Å². The van der Waals surface area contributed by atoms with Gasteiger partial charge >= 0.3 is 0 Å².